The quantitative estimate of drug-likeness (QED) is 0.853. The zero-order valence-corrected chi connectivity index (χ0v) is 13.3. The summed E-state index contributed by atoms with van der Waals surface area (Å²) in [5.74, 6) is 0.961. The smallest absolute Gasteiger partial charge is 0.225 e. The predicted molar refractivity (Wildman–Crippen MR) is 82.4 cm³/mol. The van der Waals surface area contributed by atoms with Crippen LogP contribution in [-0.2, 0) is 4.79 Å². The summed E-state index contributed by atoms with van der Waals surface area (Å²) in [6.45, 7) is 7.58. The Hall–Kier alpha value is -0.610. The SMILES string of the molecule is CCN1CCCC1CN(C)C(=O)C1CCC(N)CC1C. The molecule has 0 aromatic heterocycles. The predicted octanol–water partition coefficient (Wildman–Crippen LogP) is 1.69. The maximum Gasteiger partial charge on any atom is 0.225 e. The van der Waals surface area contributed by atoms with E-state index in [4.69, 9.17) is 5.73 Å². The van der Waals surface area contributed by atoms with E-state index in [-0.39, 0.29) is 5.92 Å². The minimum absolute atomic E-state index is 0.191. The van der Waals surface area contributed by atoms with E-state index in [0.29, 0.717) is 23.9 Å². The van der Waals surface area contributed by atoms with E-state index >= 15 is 0 Å². The van der Waals surface area contributed by atoms with Gasteiger partial charge < -0.3 is 10.6 Å². The lowest BCUT2D eigenvalue weighted by Gasteiger charge is -2.35. The molecule has 1 heterocycles. The maximum absolute atomic E-state index is 12.7. The molecule has 2 N–H and O–H groups in total. The van der Waals surface area contributed by atoms with Crippen LogP contribution < -0.4 is 5.73 Å². The van der Waals surface area contributed by atoms with Crippen molar-refractivity contribution in [3.63, 3.8) is 0 Å². The van der Waals surface area contributed by atoms with Gasteiger partial charge in [0.2, 0.25) is 5.91 Å². The Morgan fingerprint density at radius 2 is 2.10 bits per heavy atom. The molecule has 1 aliphatic carbocycles. The highest BCUT2D eigenvalue weighted by molar-refractivity contribution is 5.79. The lowest BCUT2D eigenvalue weighted by molar-refractivity contribution is -0.137. The van der Waals surface area contributed by atoms with E-state index in [1.54, 1.807) is 0 Å². The molecule has 2 rings (SSSR count). The molecule has 0 radical (unpaired) electrons. The second-order valence-corrected chi connectivity index (χ2v) is 6.80. The van der Waals surface area contributed by atoms with Gasteiger partial charge in [0, 0.05) is 31.6 Å². The van der Waals surface area contributed by atoms with Crippen LogP contribution in [0.1, 0.15) is 46.0 Å². The third-order valence-corrected chi connectivity index (χ3v) is 5.29. The summed E-state index contributed by atoms with van der Waals surface area (Å²) >= 11 is 0. The zero-order chi connectivity index (χ0) is 14.7. The molecule has 116 valence electrons. The van der Waals surface area contributed by atoms with E-state index < -0.39 is 0 Å². The number of hydrogen-bond acceptors (Lipinski definition) is 3. The highest BCUT2D eigenvalue weighted by Gasteiger charge is 2.34. The maximum atomic E-state index is 12.7. The zero-order valence-electron chi connectivity index (χ0n) is 13.3. The molecule has 1 saturated carbocycles. The van der Waals surface area contributed by atoms with E-state index in [1.165, 1.54) is 19.4 Å². The van der Waals surface area contributed by atoms with Gasteiger partial charge in [-0.15, -0.1) is 0 Å². The fraction of sp³-hybridized carbons (Fsp3) is 0.938. The molecule has 0 spiro atoms. The number of rotatable bonds is 4. The molecule has 0 bridgehead atoms. The van der Waals surface area contributed by atoms with Crippen LogP contribution in [0.15, 0.2) is 0 Å². The number of nitrogens with two attached hydrogens (primary N) is 1. The Kier molecular flexibility index (Phi) is 5.44. The van der Waals surface area contributed by atoms with Crippen LogP contribution in [-0.4, -0.2) is 54.5 Å². The van der Waals surface area contributed by atoms with Crippen molar-refractivity contribution in [2.75, 3.05) is 26.7 Å². The van der Waals surface area contributed by atoms with Crippen molar-refractivity contribution >= 4 is 5.91 Å². The monoisotopic (exact) mass is 281 g/mol. The number of likely N-dealkylation sites (N-methyl/N-ethyl adjacent to an activating group) is 2. The summed E-state index contributed by atoms with van der Waals surface area (Å²) < 4.78 is 0. The van der Waals surface area contributed by atoms with Gasteiger partial charge in [-0.1, -0.05) is 13.8 Å². The van der Waals surface area contributed by atoms with E-state index in [1.807, 2.05) is 11.9 Å². The van der Waals surface area contributed by atoms with Crippen LogP contribution in [0.2, 0.25) is 0 Å². The van der Waals surface area contributed by atoms with E-state index in [0.717, 1.165) is 32.4 Å². The summed E-state index contributed by atoms with van der Waals surface area (Å²) in [7, 11) is 1.98. The van der Waals surface area contributed by atoms with Crippen LogP contribution >= 0.6 is 0 Å². The number of hydrogen-bond donors (Lipinski definition) is 1. The van der Waals surface area contributed by atoms with Gasteiger partial charge in [-0.05, 0) is 51.1 Å². The second kappa shape index (κ2) is 6.90. The summed E-state index contributed by atoms with van der Waals surface area (Å²) in [5.41, 5.74) is 6.00. The van der Waals surface area contributed by atoms with Crippen molar-refractivity contribution in [3.8, 4) is 0 Å². The summed E-state index contributed by atoms with van der Waals surface area (Å²) in [6, 6.07) is 0.861. The minimum Gasteiger partial charge on any atom is -0.344 e. The first kappa shape index (κ1) is 15.8. The number of carbonyl (C=O) groups is 1. The highest BCUT2D eigenvalue weighted by Crippen LogP contribution is 2.30. The van der Waals surface area contributed by atoms with Crippen molar-refractivity contribution in [2.24, 2.45) is 17.6 Å². The number of likely N-dealkylation sites (tertiary alicyclic amines) is 1. The minimum atomic E-state index is 0.191. The van der Waals surface area contributed by atoms with Crippen molar-refractivity contribution in [1.29, 1.82) is 0 Å². The van der Waals surface area contributed by atoms with Gasteiger partial charge in [-0.3, -0.25) is 9.69 Å². The fourth-order valence-electron chi connectivity index (χ4n) is 4.01. The Labute approximate surface area is 123 Å². The molecule has 4 nitrogen and oxygen atoms in total. The topological polar surface area (TPSA) is 49.6 Å². The Bertz CT molecular complexity index is 334. The number of amides is 1. The van der Waals surface area contributed by atoms with Crippen LogP contribution in [0, 0.1) is 11.8 Å². The van der Waals surface area contributed by atoms with Gasteiger partial charge in [0.05, 0.1) is 0 Å². The second-order valence-electron chi connectivity index (χ2n) is 6.80. The van der Waals surface area contributed by atoms with Crippen LogP contribution in [0.25, 0.3) is 0 Å². The first-order chi connectivity index (χ1) is 9.52. The molecule has 1 aliphatic heterocycles. The van der Waals surface area contributed by atoms with Crippen molar-refractivity contribution < 1.29 is 4.79 Å². The normalized spacial score (nSPS) is 35.2. The molecule has 20 heavy (non-hydrogen) atoms. The van der Waals surface area contributed by atoms with Crippen LogP contribution in [0.5, 0.6) is 0 Å². The van der Waals surface area contributed by atoms with Gasteiger partial charge in [-0.25, -0.2) is 0 Å². The molecule has 4 unspecified atom stereocenters. The molecule has 1 saturated heterocycles. The average Bonchev–Trinajstić information content (AvgIpc) is 2.85. The number of nitrogens with zero attached hydrogens (tertiary/aromatic N) is 2. The van der Waals surface area contributed by atoms with Gasteiger partial charge in [0.1, 0.15) is 0 Å². The summed E-state index contributed by atoms with van der Waals surface area (Å²) in [6.07, 6.45) is 5.47. The molecule has 0 aromatic rings. The molecule has 0 aromatic carbocycles. The van der Waals surface area contributed by atoms with Crippen molar-refractivity contribution in [1.82, 2.24) is 9.80 Å². The molecular formula is C16H31N3O. The van der Waals surface area contributed by atoms with Crippen LogP contribution in [0.4, 0.5) is 0 Å². The third kappa shape index (κ3) is 3.53. The molecule has 2 fully saturated rings. The van der Waals surface area contributed by atoms with E-state index in [9.17, 15) is 4.79 Å². The fourth-order valence-corrected chi connectivity index (χ4v) is 4.01. The van der Waals surface area contributed by atoms with Crippen molar-refractivity contribution in [2.45, 2.75) is 58.0 Å². The van der Waals surface area contributed by atoms with Gasteiger partial charge in [0.15, 0.2) is 0 Å². The first-order valence-electron chi connectivity index (χ1n) is 8.27. The van der Waals surface area contributed by atoms with Gasteiger partial charge in [-0.2, -0.15) is 0 Å². The Balaban J connectivity index is 1.88. The Morgan fingerprint density at radius 3 is 2.75 bits per heavy atom. The highest BCUT2D eigenvalue weighted by atomic mass is 16.2. The lowest BCUT2D eigenvalue weighted by atomic mass is 9.77. The largest absolute Gasteiger partial charge is 0.344 e. The number of carbonyl (C=O) groups excluding carboxylic acids is 1. The average molecular weight is 281 g/mol. The summed E-state index contributed by atoms with van der Waals surface area (Å²) in [5, 5.41) is 0. The van der Waals surface area contributed by atoms with Gasteiger partial charge in [0.25, 0.3) is 0 Å². The van der Waals surface area contributed by atoms with Gasteiger partial charge >= 0.3 is 0 Å². The Morgan fingerprint density at radius 1 is 1.35 bits per heavy atom. The lowest BCUT2D eigenvalue weighted by Crippen LogP contribution is -2.46. The molecule has 2 aliphatic rings. The summed E-state index contributed by atoms with van der Waals surface area (Å²) in [4.78, 5) is 17.2. The first-order valence-corrected chi connectivity index (χ1v) is 8.27. The van der Waals surface area contributed by atoms with Crippen molar-refractivity contribution in [3.05, 3.63) is 0 Å². The van der Waals surface area contributed by atoms with E-state index in [2.05, 4.69) is 18.7 Å². The standard InChI is InChI=1S/C16H31N3O/c1-4-19-9-5-6-14(19)11-18(3)16(20)15-8-7-13(17)10-12(15)2/h12-15H,4-11,17H2,1-3H3. The molecule has 1 amide bonds. The van der Waals surface area contributed by atoms with Crippen LogP contribution in [0.3, 0.4) is 0 Å². The third-order valence-electron chi connectivity index (χ3n) is 5.29. The molecular weight excluding hydrogens is 250 g/mol. The molecule has 4 atom stereocenters. The molecule has 4 heteroatoms.